The van der Waals surface area contributed by atoms with Gasteiger partial charge in [-0.25, -0.2) is 0 Å². The molecule has 0 spiro atoms. The summed E-state index contributed by atoms with van der Waals surface area (Å²) in [5.41, 5.74) is 2.94. The summed E-state index contributed by atoms with van der Waals surface area (Å²) in [6.07, 6.45) is 0.0876. The van der Waals surface area contributed by atoms with Crippen molar-refractivity contribution in [1.82, 2.24) is 4.90 Å². The second-order valence-electron chi connectivity index (χ2n) is 7.29. The van der Waals surface area contributed by atoms with Crippen molar-refractivity contribution < 1.29 is 19.1 Å². The molecule has 1 N–H and O–H groups in total. The number of fused-ring (bicyclic) bond motifs is 2. The molecule has 2 aromatic carbocycles. The van der Waals surface area contributed by atoms with Crippen molar-refractivity contribution in [2.45, 2.75) is 19.1 Å². The Kier molecular flexibility index (Phi) is 4.88. The number of nitrogens with zero attached hydrogens (tertiary/aromatic N) is 1. The predicted molar refractivity (Wildman–Crippen MR) is 114 cm³/mol. The van der Waals surface area contributed by atoms with Crippen molar-refractivity contribution in [3.05, 3.63) is 76.0 Å². The molecule has 1 aromatic heterocycles. The molecule has 1 unspecified atom stereocenters. The minimum absolute atomic E-state index is 0.0523. The smallest absolute Gasteiger partial charge is 0.269 e. The molecule has 3 heterocycles. The molecule has 0 radical (unpaired) electrons. The van der Waals surface area contributed by atoms with E-state index in [2.05, 4.69) is 5.32 Å². The van der Waals surface area contributed by atoms with Crippen LogP contribution in [0.4, 0.5) is 5.69 Å². The minimum atomic E-state index is -0.715. The third kappa shape index (κ3) is 3.64. The van der Waals surface area contributed by atoms with E-state index < -0.39 is 6.10 Å². The van der Waals surface area contributed by atoms with E-state index in [1.54, 1.807) is 6.07 Å². The predicted octanol–water partition coefficient (Wildman–Crippen LogP) is 3.73. The van der Waals surface area contributed by atoms with Crippen LogP contribution >= 0.6 is 11.3 Å². The molecule has 7 heteroatoms. The van der Waals surface area contributed by atoms with Crippen LogP contribution in [0.5, 0.6) is 11.5 Å². The highest BCUT2D eigenvalue weighted by Gasteiger charge is 2.28. The van der Waals surface area contributed by atoms with Crippen molar-refractivity contribution in [2.75, 3.05) is 18.5 Å². The van der Waals surface area contributed by atoms with E-state index in [1.165, 1.54) is 16.9 Å². The quantitative estimate of drug-likeness (QED) is 0.701. The third-order valence-corrected chi connectivity index (χ3v) is 6.16. The Morgan fingerprint density at radius 1 is 1.03 bits per heavy atom. The number of nitrogens with one attached hydrogen (secondary N) is 1. The molecule has 0 saturated heterocycles. The molecule has 0 saturated carbocycles. The van der Waals surface area contributed by atoms with Crippen molar-refractivity contribution in [1.29, 1.82) is 0 Å². The lowest BCUT2D eigenvalue weighted by molar-refractivity contribution is -0.125. The number of para-hydroxylation sites is 2. The van der Waals surface area contributed by atoms with E-state index in [-0.39, 0.29) is 18.4 Å². The molecule has 5 rings (SSSR count). The zero-order valence-corrected chi connectivity index (χ0v) is 17.0. The van der Waals surface area contributed by atoms with Gasteiger partial charge in [0, 0.05) is 18.8 Å². The Hall–Kier alpha value is -3.32. The Balaban J connectivity index is 1.27. The molecule has 152 valence electrons. The number of thiophene rings is 1. The van der Waals surface area contributed by atoms with Gasteiger partial charge < -0.3 is 19.7 Å². The van der Waals surface area contributed by atoms with Crippen LogP contribution in [0, 0.1) is 0 Å². The first kappa shape index (κ1) is 18.7. The minimum Gasteiger partial charge on any atom is -0.485 e. The molecule has 1 atom stereocenters. The van der Waals surface area contributed by atoms with Gasteiger partial charge in [0.15, 0.2) is 11.5 Å². The molecular formula is C23H20N2O4S. The SMILES string of the molecule is O=C(Nc1ccc2c(c1)CN(C(=O)c1cccs1)CC2)C1COc2ccccc2O1. The van der Waals surface area contributed by atoms with E-state index in [0.717, 1.165) is 16.9 Å². The van der Waals surface area contributed by atoms with Crippen molar-refractivity contribution in [2.24, 2.45) is 0 Å². The average Bonchev–Trinajstić information content (AvgIpc) is 3.32. The molecular weight excluding hydrogens is 400 g/mol. The zero-order chi connectivity index (χ0) is 20.5. The summed E-state index contributed by atoms with van der Waals surface area (Å²) < 4.78 is 11.4. The highest BCUT2D eigenvalue weighted by Crippen LogP contribution is 2.31. The Labute approximate surface area is 178 Å². The van der Waals surface area contributed by atoms with E-state index in [4.69, 9.17) is 9.47 Å². The second kappa shape index (κ2) is 7.84. The molecule has 2 aliphatic rings. The number of amides is 2. The highest BCUT2D eigenvalue weighted by atomic mass is 32.1. The molecule has 30 heavy (non-hydrogen) atoms. The topological polar surface area (TPSA) is 67.9 Å². The van der Waals surface area contributed by atoms with Crippen molar-refractivity contribution in [3.63, 3.8) is 0 Å². The van der Waals surface area contributed by atoms with Gasteiger partial charge in [-0.1, -0.05) is 24.3 Å². The summed E-state index contributed by atoms with van der Waals surface area (Å²) >= 11 is 1.45. The number of ether oxygens (including phenoxy) is 2. The number of benzene rings is 2. The maximum absolute atomic E-state index is 12.7. The van der Waals surface area contributed by atoms with E-state index in [0.29, 0.717) is 30.3 Å². The standard InChI is InChI=1S/C23H20N2O4S/c26-22(20-14-28-18-4-1-2-5-19(18)29-20)24-17-8-7-15-9-10-25(13-16(15)12-17)23(27)21-6-3-11-30-21/h1-8,11-12,20H,9-10,13-14H2,(H,24,26). The number of anilines is 1. The Morgan fingerprint density at radius 2 is 1.90 bits per heavy atom. The van der Waals surface area contributed by atoms with Gasteiger partial charge in [-0.15, -0.1) is 11.3 Å². The first-order chi connectivity index (χ1) is 14.7. The van der Waals surface area contributed by atoms with Crippen LogP contribution in [-0.2, 0) is 17.8 Å². The summed E-state index contributed by atoms with van der Waals surface area (Å²) in [7, 11) is 0. The summed E-state index contributed by atoms with van der Waals surface area (Å²) in [4.78, 5) is 28.0. The largest absolute Gasteiger partial charge is 0.485 e. The van der Waals surface area contributed by atoms with Crippen LogP contribution in [-0.4, -0.2) is 36.0 Å². The molecule has 0 aliphatic carbocycles. The zero-order valence-electron chi connectivity index (χ0n) is 16.2. The molecule has 0 bridgehead atoms. The summed E-state index contributed by atoms with van der Waals surface area (Å²) in [5, 5.41) is 4.83. The van der Waals surface area contributed by atoms with E-state index >= 15 is 0 Å². The first-order valence-corrected chi connectivity index (χ1v) is 10.7. The molecule has 3 aromatic rings. The van der Waals surface area contributed by atoms with Gasteiger partial charge in [0.2, 0.25) is 6.10 Å². The van der Waals surface area contributed by atoms with Gasteiger partial charge in [0.1, 0.15) is 6.61 Å². The number of hydrogen-bond acceptors (Lipinski definition) is 5. The number of carbonyl (C=O) groups excluding carboxylic acids is 2. The maximum atomic E-state index is 12.7. The average molecular weight is 420 g/mol. The third-order valence-electron chi connectivity index (χ3n) is 5.31. The van der Waals surface area contributed by atoms with Crippen LogP contribution in [0.15, 0.2) is 60.0 Å². The highest BCUT2D eigenvalue weighted by molar-refractivity contribution is 7.12. The van der Waals surface area contributed by atoms with Gasteiger partial charge in [0.05, 0.1) is 4.88 Å². The number of carbonyl (C=O) groups is 2. The number of hydrogen-bond donors (Lipinski definition) is 1. The Bertz CT molecular complexity index is 1100. The molecule has 0 fully saturated rings. The summed E-state index contributed by atoms with van der Waals surface area (Å²) in [5.74, 6) is 1.01. The van der Waals surface area contributed by atoms with Crippen LogP contribution < -0.4 is 14.8 Å². The van der Waals surface area contributed by atoms with E-state index in [9.17, 15) is 9.59 Å². The van der Waals surface area contributed by atoms with Gasteiger partial charge >= 0.3 is 0 Å². The van der Waals surface area contributed by atoms with Gasteiger partial charge in [-0.2, -0.15) is 0 Å². The van der Waals surface area contributed by atoms with Crippen LogP contribution in [0.3, 0.4) is 0 Å². The first-order valence-electron chi connectivity index (χ1n) is 9.81. The Morgan fingerprint density at radius 3 is 2.73 bits per heavy atom. The number of rotatable bonds is 3. The van der Waals surface area contributed by atoms with Gasteiger partial charge in [-0.3, -0.25) is 9.59 Å². The van der Waals surface area contributed by atoms with Crippen molar-refractivity contribution >= 4 is 28.8 Å². The fourth-order valence-corrected chi connectivity index (χ4v) is 4.43. The molecule has 6 nitrogen and oxygen atoms in total. The van der Waals surface area contributed by atoms with E-state index in [1.807, 2.05) is 58.8 Å². The summed E-state index contributed by atoms with van der Waals surface area (Å²) in [6.45, 7) is 1.39. The normalized spacial score (nSPS) is 17.2. The lowest BCUT2D eigenvalue weighted by atomic mass is 9.99. The molecule has 2 aliphatic heterocycles. The van der Waals surface area contributed by atoms with Gasteiger partial charge in [0.25, 0.3) is 11.8 Å². The summed E-state index contributed by atoms with van der Waals surface area (Å²) in [6, 6.07) is 16.9. The van der Waals surface area contributed by atoms with Crippen LogP contribution in [0.1, 0.15) is 20.8 Å². The fourth-order valence-electron chi connectivity index (χ4n) is 3.74. The molecule has 2 amide bonds. The lowest BCUT2D eigenvalue weighted by Crippen LogP contribution is -2.40. The monoisotopic (exact) mass is 420 g/mol. The maximum Gasteiger partial charge on any atom is 0.269 e. The second-order valence-corrected chi connectivity index (χ2v) is 8.24. The fraction of sp³-hybridized carbons (Fsp3) is 0.217. The van der Waals surface area contributed by atoms with Gasteiger partial charge in [-0.05, 0) is 53.3 Å². The lowest BCUT2D eigenvalue weighted by Gasteiger charge is -2.29. The van der Waals surface area contributed by atoms with Crippen LogP contribution in [0.25, 0.3) is 0 Å². The van der Waals surface area contributed by atoms with Crippen LogP contribution in [0.2, 0.25) is 0 Å². The van der Waals surface area contributed by atoms with Crippen molar-refractivity contribution in [3.8, 4) is 11.5 Å².